The zero-order chi connectivity index (χ0) is 13.8. The van der Waals surface area contributed by atoms with Gasteiger partial charge in [0, 0.05) is 6.42 Å². The van der Waals surface area contributed by atoms with E-state index in [2.05, 4.69) is 0 Å². The molecular formula is C13H18O5. The number of rotatable bonds is 3. The molecule has 0 aromatic heterocycles. The Kier molecular flexibility index (Phi) is 4.64. The van der Waals surface area contributed by atoms with Crippen LogP contribution in [0.4, 0.5) is 0 Å². The number of ketones is 1. The largest absolute Gasteiger partial charge is 0.468 e. The number of Topliss-reactive ketones (excluding diaryl/α,β-unsaturated/α-hetero) is 1. The van der Waals surface area contributed by atoms with Crippen LogP contribution in [-0.4, -0.2) is 31.9 Å². The molecule has 0 heterocycles. The van der Waals surface area contributed by atoms with Crippen LogP contribution in [0.15, 0.2) is 11.6 Å². The Labute approximate surface area is 106 Å². The minimum absolute atomic E-state index is 0.0572. The third-order valence-electron chi connectivity index (χ3n) is 3.30. The van der Waals surface area contributed by atoms with Crippen molar-refractivity contribution in [2.45, 2.75) is 32.6 Å². The van der Waals surface area contributed by atoms with E-state index in [1.165, 1.54) is 21.1 Å². The third kappa shape index (κ3) is 2.60. The van der Waals surface area contributed by atoms with Crippen molar-refractivity contribution in [3.8, 4) is 0 Å². The van der Waals surface area contributed by atoms with Crippen molar-refractivity contribution < 1.29 is 23.9 Å². The smallest absolute Gasteiger partial charge is 0.323 e. The first kappa shape index (κ1) is 14.4. The summed E-state index contributed by atoms with van der Waals surface area (Å²) in [6.45, 7) is 1.43. The molecule has 0 radical (unpaired) electrons. The molecule has 100 valence electrons. The molecule has 1 aliphatic carbocycles. The molecule has 5 heteroatoms. The number of carbonyl (C=O) groups excluding carboxylic acids is 3. The SMILES string of the molecule is COC(=O)C1(C(=O)OC)CCCC=C(C(C)=O)C1. The maximum atomic E-state index is 11.9. The molecule has 0 unspecified atom stereocenters. The second-order valence-electron chi connectivity index (χ2n) is 4.42. The summed E-state index contributed by atoms with van der Waals surface area (Å²) in [5.41, 5.74) is -0.888. The van der Waals surface area contributed by atoms with Crippen molar-refractivity contribution in [3.05, 3.63) is 11.6 Å². The van der Waals surface area contributed by atoms with Gasteiger partial charge in [0.2, 0.25) is 0 Å². The molecule has 1 rings (SSSR count). The van der Waals surface area contributed by atoms with Gasteiger partial charge in [0.1, 0.15) is 0 Å². The normalized spacial score (nSPS) is 18.3. The molecular weight excluding hydrogens is 236 g/mol. The maximum Gasteiger partial charge on any atom is 0.323 e. The standard InChI is InChI=1S/C13H18O5/c1-9(14)10-6-4-5-7-13(8-10,11(15)17-2)12(16)18-3/h6H,4-5,7-8H2,1-3H3. The molecule has 1 aliphatic rings. The van der Waals surface area contributed by atoms with Gasteiger partial charge in [-0.15, -0.1) is 0 Å². The number of allylic oxidation sites excluding steroid dienone is 2. The summed E-state index contributed by atoms with van der Waals surface area (Å²) < 4.78 is 9.44. The van der Waals surface area contributed by atoms with Gasteiger partial charge < -0.3 is 9.47 Å². The van der Waals surface area contributed by atoms with Crippen LogP contribution in [0.5, 0.6) is 0 Å². The number of esters is 2. The lowest BCUT2D eigenvalue weighted by molar-refractivity contribution is -0.169. The summed E-state index contributed by atoms with van der Waals surface area (Å²) in [6, 6.07) is 0. The second-order valence-corrected chi connectivity index (χ2v) is 4.42. The van der Waals surface area contributed by atoms with Gasteiger partial charge in [0.15, 0.2) is 11.2 Å². The molecule has 0 aromatic rings. The first-order chi connectivity index (χ1) is 8.47. The van der Waals surface area contributed by atoms with E-state index >= 15 is 0 Å². The molecule has 18 heavy (non-hydrogen) atoms. The highest BCUT2D eigenvalue weighted by molar-refractivity contribution is 6.03. The fourth-order valence-electron chi connectivity index (χ4n) is 2.26. The highest BCUT2D eigenvalue weighted by atomic mass is 16.5. The van der Waals surface area contributed by atoms with Crippen molar-refractivity contribution in [3.63, 3.8) is 0 Å². The summed E-state index contributed by atoms with van der Waals surface area (Å²) in [6.07, 6.45) is 3.49. The first-order valence-electron chi connectivity index (χ1n) is 5.84. The third-order valence-corrected chi connectivity index (χ3v) is 3.30. The van der Waals surface area contributed by atoms with Crippen LogP contribution in [-0.2, 0) is 23.9 Å². The molecule has 0 aliphatic heterocycles. The van der Waals surface area contributed by atoms with Crippen LogP contribution in [0.3, 0.4) is 0 Å². The minimum atomic E-state index is -1.38. The van der Waals surface area contributed by atoms with Gasteiger partial charge in [-0.2, -0.15) is 0 Å². The van der Waals surface area contributed by atoms with Crippen LogP contribution in [0, 0.1) is 5.41 Å². The Morgan fingerprint density at radius 3 is 2.17 bits per heavy atom. The Morgan fingerprint density at radius 1 is 1.17 bits per heavy atom. The van der Waals surface area contributed by atoms with E-state index in [1.54, 1.807) is 6.08 Å². The average molecular weight is 254 g/mol. The van der Waals surface area contributed by atoms with Gasteiger partial charge in [-0.25, -0.2) is 0 Å². The van der Waals surface area contributed by atoms with E-state index in [0.717, 1.165) is 0 Å². The monoisotopic (exact) mass is 254 g/mol. The Morgan fingerprint density at radius 2 is 1.72 bits per heavy atom. The molecule has 0 saturated carbocycles. The molecule has 0 fully saturated rings. The number of hydrogen-bond donors (Lipinski definition) is 0. The zero-order valence-electron chi connectivity index (χ0n) is 10.9. The minimum Gasteiger partial charge on any atom is -0.468 e. The number of ether oxygens (including phenoxy) is 2. The van der Waals surface area contributed by atoms with Crippen LogP contribution in [0.25, 0.3) is 0 Å². The van der Waals surface area contributed by atoms with Crippen LogP contribution >= 0.6 is 0 Å². The van der Waals surface area contributed by atoms with E-state index in [0.29, 0.717) is 24.8 Å². The first-order valence-corrected chi connectivity index (χ1v) is 5.84. The summed E-state index contributed by atoms with van der Waals surface area (Å²) in [4.78, 5) is 35.4. The van der Waals surface area contributed by atoms with Crippen LogP contribution in [0.2, 0.25) is 0 Å². The van der Waals surface area contributed by atoms with Gasteiger partial charge in [0.05, 0.1) is 14.2 Å². The van der Waals surface area contributed by atoms with E-state index < -0.39 is 17.4 Å². The van der Waals surface area contributed by atoms with Gasteiger partial charge in [-0.3, -0.25) is 14.4 Å². The lowest BCUT2D eigenvalue weighted by atomic mass is 9.78. The van der Waals surface area contributed by atoms with Crippen molar-refractivity contribution in [1.82, 2.24) is 0 Å². The molecule has 5 nitrogen and oxygen atoms in total. The fourth-order valence-corrected chi connectivity index (χ4v) is 2.26. The summed E-state index contributed by atoms with van der Waals surface area (Å²) in [7, 11) is 2.46. The quantitative estimate of drug-likeness (QED) is 0.562. The van der Waals surface area contributed by atoms with E-state index in [4.69, 9.17) is 9.47 Å². The number of carbonyl (C=O) groups is 3. The van der Waals surface area contributed by atoms with Gasteiger partial charge in [0.25, 0.3) is 0 Å². The summed E-state index contributed by atoms with van der Waals surface area (Å²) in [5.74, 6) is -1.40. The summed E-state index contributed by atoms with van der Waals surface area (Å²) in [5, 5.41) is 0. The Bertz CT molecular complexity index is 378. The van der Waals surface area contributed by atoms with Gasteiger partial charge in [-0.05, 0) is 31.8 Å². The van der Waals surface area contributed by atoms with Gasteiger partial charge in [-0.1, -0.05) is 6.08 Å². The maximum absolute atomic E-state index is 11.9. The van der Waals surface area contributed by atoms with Crippen molar-refractivity contribution >= 4 is 17.7 Å². The van der Waals surface area contributed by atoms with Crippen molar-refractivity contribution in [2.75, 3.05) is 14.2 Å². The van der Waals surface area contributed by atoms with Crippen LogP contribution < -0.4 is 0 Å². The lowest BCUT2D eigenvalue weighted by Crippen LogP contribution is -2.41. The highest BCUT2D eigenvalue weighted by Gasteiger charge is 2.49. The average Bonchev–Trinajstić information content (AvgIpc) is 2.60. The van der Waals surface area contributed by atoms with Gasteiger partial charge >= 0.3 is 11.9 Å². The number of hydrogen-bond acceptors (Lipinski definition) is 5. The number of methoxy groups -OCH3 is 2. The molecule has 0 N–H and O–H groups in total. The lowest BCUT2D eigenvalue weighted by Gasteiger charge is -2.27. The van der Waals surface area contributed by atoms with E-state index in [-0.39, 0.29) is 12.2 Å². The second kappa shape index (κ2) is 5.80. The fraction of sp³-hybridized carbons (Fsp3) is 0.615. The molecule has 0 atom stereocenters. The van der Waals surface area contributed by atoms with E-state index in [9.17, 15) is 14.4 Å². The predicted molar refractivity (Wildman–Crippen MR) is 63.7 cm³/mol. The Balaban J connectivity index is 3.17. The van der Waals surface area contributed by atoms with Crippen LogP contribution in [0.1, 0.15) is 32.6 Å². The molecule has 0 bridgehead atoms. The molecule has 0 amide bonds. The van der Waals surface area contributed by atoms with Crippen molar-refractivity contribution in [1.29, 1.82) is 0 Å². The zero-order valence-corrected chi connectivity index (χ0v) is 10.9. The topological polar surface area (TPSA) is 69.7 Å². The molecule has 0 aromatic carbocycles. The van der Waals surface area contributed by atoms with E-state index in [1.807, 2.05) is 0 Å². The highest BCUT2D eigenvalue weighted by Crippen LogP contribution is 2.38. The predicted octanol–water partition coefficient (Wildman–Crippen LogP) is 1.41. The Hall–Kier alpha value is -1.65. The molecule has 0 spiro atoms. The van der Waals surface area contributed by atoms with Crippen molar-refractivity contribution in [2.24, 2.45) is 5.41 Å². The summed E-state index contributed by atoms with van der Waals surface area (Å²) >= 11 is 0. The molecule has 0 saturated heterocycles.